The van der Waals surface area contributed by atoms with E-state index in [1.54, 1.807) is 4.90 Å². The molecule has 96 valence electrons. The molecule has 1 unspecified atom stereocenters. The zero-order valence-electron chi connectivity index (χ0n) is 9.85. The van der Waals surface area contributed by atoms with E-state index in [-0.39, 0.29) is 18.0 Å². The van der Waals surface area contributed by atoms with Crippen molar-refractivity contribution in [2.45, 2.75) is 13.0 Å². The van der Waals surface area contributed by atoms with E-state index in [9.17, 15) is 9.59 Å². The van der Waals surface area contributed by atoms with Gasteiger partial charge in [0.25, 0.3) is 0 Å². The van der Waals surface area contributed by atoms with Crippen LogP contribution in [0.2, 0.25) is 0 Å². The molecule has 1 heterocycles. The van der Waals surface area contributed by atoms with Gasteiger partial charge in [0.05, 0.1) is 6.04 Å². The summed E-state index contributed by atoms with van der Waals surface area (Å²) in [5, 5.41) is 2.70. The summed E-state index contributed by atoms with van der Waals surface area (Å²) in [4.78, 5) is 24.2. The molecule has 1 atom stereocenters. The average Bonchev–Trinajstić information content (AvgIpc) is 2.69. The number of amides is 2. The van der Waals surface area contributed by atoms with E-state index in [0.717, 1.165) is 9.26 Å². The number of rotatable bonds is 3. The number of hydrogen-bond donors (Lipinski definition) is 1. The maximum atomic E-state index is 11.7. The summed E-state index contributed by atoms with van der Waals surface area (Å²) in [6.07, 6.45) is -0.369. The third-order valence-corrected chi connectivity index (χ3v) is 3.37. The second-order valence-electron chi connectivity index (χ2n) is 4.01. The number of nitrogens with one attached hydrogen (secondary N) is 1. The average molecular weight is 360 g/mol. The number of hydrogen-bond acceptors (Lipinski definition) is 3. The number of ether oxygens (including phenoxy) is 1. The van der Waals surface area contributed by atoms with Gasteiger partial charge in [-0.15, -0.1) is 0 Å². The second kappa shape index (κ2) is 5.55. The van der Waals surface area contributed by atoms with Gasteiger partial charge in [-0.2, -0.15) is 0 Å². The predicted octanol–water partition coefficient (Wildman–Crippen LogP) is 1.75. The fourth-order valence-electron chi connectivity index (χ4n) is 1.79. The van der Waals surface area contributed by atoms with Crippen molar-refractivity contribution in [3.63, 3.8) is 0 Å². The minimum absolute atomic E-state index is 0.114. The molecule has 0 bridgehead atoms. The highest BCUT2D eigenvalue weighted by Gasteiger charge is 2.34. The topological polar surface area (TPSA) is 58.6 Å². The second-order valence-corrected chi connectivity index (χ2v) is 5.26. The summed E-state index contributed by atoms with van der Waals surface area (Å²) in [6, 6.07) is 7.44. The Kier molecular flexibility index (Phi) is 4.05. The normalized spacial score (nSPS) is 18.7. The Morgan fingerprint density at radius 2 is 2.17 bits per heavy atom. The van der Waals surface area contributed by atoms with Gasteiger partial charge in [-0.3, -0.25) is 9.69 Å². The molecule has 1 aromatic carbocycles. The van der Waals surface area contributed by atoms with Crippen molar-refractivity contribution in [1.82, 2.24) is 5.32 Å². The van der Waals surface area contributed by atoms with Crippen LogP contribution in [-0.2, 0) is 9.53 Å². The highest BCUT2D eigenvalue weighted by Crippen LogP contribution is 2.23. The van der Waals surface area contributed by atoms with Gasteiger partial charge in [0.2, 0.25) is 5.91 Å². The van der Waals surface area contributed by atoms with Crippen LogP contribution in [0.4, 0.5) is 10.5 Å². The Labute approximate surface area is 119 Å². The lowest BCUT2D eigenvalue weighted by Gasteiger charge is -2.21. The molecule has 0 saturated carbocycles. The number of anilines is 1. The molecular formula is C12H13IN2O3. The number of carbonyl (C=O) groups is 2. The van der Waals surface area contributed by atoms with Gasteiger partial charge in [-0.05, 0) is 46.9 Å². The fraction of sp³-hybridized carbons (Fsp3) is 0.333. The number of cyclic esters (lactones) is 1. The molecule has 5 nitrogen and oxygen atoms in total. The van der Waals surface area contributed by atoms with Crippen molar-refractivity contribution in [2.75, 3.05) is 18.1 Å². The molecular weight excluding hydrogens is 347 g/mol. The van der Waals surface area contributed by atoms with E-state index in [1.807, 2.05) is 24.3 Å². The van der Waals surface area contributed by atoms with Crippen LogP contribution in [0.5, 0.6) is 0 Å². The molecule has 1 saturated heterocycles. The lowest BCUT2D eigenvalue weighted by molar-refractivity contribution is -0.119. The van der Waals surface area contributed by atoms with E-state index in [2.05, 4.69) is 27.9 Å². The van der Waals surface area contributed by atoms with Crippen LogP contribution in [-0.4, -0.2) is 31.2 Å². The van der Waals surface area contributed by atoms with Crippen LogP contribution in [0.3, 0.4) is 0 Å². The largest absolute Gasteiger partial charge is 0.447 e. The lowest BCUT2D eigenvalue weighted by atomic mass is 10.2. The Morgan fingerprint density at radius 1 is 1.50 bits per heavy atom. The van der Waals surface area contributed by atoms with Gasteiger partial charge in [-0.1, -0.05) is 0 Å². The highest BCUT2D eigenvalue weighted by atomic mass is 127. The van der Waals surface area contributed by atoms with Crippen molar-refractivity contribution in [1.29, 1.82) is 0 Å². The molecule has 1 fully saturated rings. The first-order valence-corrected chi connectivity index (χ1v) is 6.62. The van der Waals surface area contributed by atoms with E-state index in [1.165, 1.54) is 6.92 Å². The summed E-state index contributed by atoms with van der Waals surface area (Å²) in [7, 11) is 0. The Balaban J connectivity index is 2.14. The Hall–Kier alpha value is -1.31. The maximum Gasteiger partial charge on any atom is 0.414 e. The molecule has 1 aliphatic rings. The third kappa shape index (κ3) is 2.92. The van der Waals surface area contributed by atoms with Crippen molar-refractivity contribution in [2.24, 2.45) is 0 Å². The molecule has 1 aromatic rings. The zero-order chi connectivity index (χ0) is 13.1. The zero-order valence-corrected chi connectivity index (χ0v) is 12.0. The molecule has 2 rings (SSSR count). The predicted molar refractivity (Wildman–Crippen MR) is 75.5 cm³/mol. The SMILES string of the molecule is CC(=O)NCC1COC(=O)N1c1ccc(I)cc1. The van der Waals surface area contributed by atoms with Crippen LogP contribution in [0.25, 0.3) is 0 Å². The summed E-state index contributed by atoms with van der Waals surface area (Å²) in [5.41, 5.74) is 0.785. The van der Waals surface area contributed by atoms with Crippen LogP contribution in [0, 0.1) is 3.57 Å². The molecule has 0 spiro atoms. The van der Waals surface area contributed by atoms with Gasteiger partial charge < -0.3 is 10.1 Å². The number of benzene rings is 1. The molecule has 1 aliphatic heterocycles. The molecule has 2 amide bonds. The molecule has 0 aromatic heterocycles. The minimum atomic E-state index is -0.369. The minimum Gasteiger partial charge on any atom is -0.447 e. The van der Waals surface area contributed by atoms with Gasteiger partial charge in [0.15, 0.2) is 0 Å². The summed E-state index contributed by atoms with van der Waals surface area (Å²) < 4.78 is 6.13. The Morgan fingerprint density at radius 3 is 2.78 bits per heavy atom. The quantitative estimate of drug-likeness (QED) is 0.836. The van der Waals surface area contributed by atoms with E-state index < -0.39 is 0 Å². The Bertz CT molecular complexity index is 461. The van der Waals surface area contributed by atoms with Crippen molar-refractivity contribution in [3.8, 4) is 0 Å². The fourth-order valence-corrected chi connectivity index (χ4v) is 2.15. The summed E-state index contributed by atoms with van der Waals surface area (Å²) >= 11 is 2.20. The number of nitrogens with zero attached hydrogens (tertiary/aromatic N) is 1. The number of halogens is 1. The molecule has 6 heteroatoms. The standard InChI is InChI=1S/C12H13IN2O3/c1-8(16)14-6-11-7-18-12(17)15(11)10-4-2-9(13)3-5-10/h2-5,11H,6-7H2,1H3,(H,14,16). The van der Waals surface area contributed by atoms with Gasteiger partial charge in [0, 0.05) is 22.7 Å². The first-order chi connectivity index (χ1) is 8.58. The molecule has 18 heavy (non-hydrogen) atoms. The summed E-state index contributed by atoms with van der Waals surface area (Å²) in [5.74, 6) is -0.114. The van der Waals surface area contributed by atoms with Crippen molar-refractivity contribution >= 4 is 40.3 Å². The number of carbonyl (C=O) groups excluding carboxylic acids is 2. The van der Waals surface area contributed by atoms with Crippen molar-refractivity contribution < 1.29 is 14.3 Å². The van der Waals surface area contributed by atoms with Gasteiger partial charge >= 0.3 is 6.09 Å². The molecule has 0 aliphatic carbocycles. The maximum absolute atomic E-state index is 11.7. The van der Waals surface area contributed by atoms with Crippen LogP contribution < -0.4 is 10.2 Å². The van der Waals surface area contributed by atoms with E-state index in [4.69, 9.17) is 4.74 Å². The van der Waals surface area contributed by atoms with Crippen LogP contribution in [0.1, 0.15) is 6.92 Å². The monoisotopic (exact) mass is 360 g/mol. The van der Waals surface area contributed by atoms with E-state index in [0.29, 0.717) is 13.2 Å². The smallest absolute Gasteiger partial charge is 0.414 e. The summed E-state index contributed by atoms with van der Waals surface area (Å²) in [6.45, 7) is 2.14. The molecule has 1 N–H and O–H groups in total. The molecule has 0 radical (unpaired) electrons. The third-order valence-electron chi connectivity index (χ3n) is 2.65. The first kappa shape index (κ1) is 13.1. The van der Waals surface area contributed by atoms with Crippen LogP contribution in [0.15, 0.2) is 24.3 Å². The van der Waals surface area contributed by atoms with Gasteiger partial charge in [-0.25, -0.2) is 4.79 Å². The highest BCUT2D eigenvalue weighted by molar-refractivity contribution is 14.1. The van der Waals surface area contributed by atoms with Crippen LogP contribution >= 0.6 is 22.6 Å². The van der Waals surface area contributed by atoms with Gasteiger partial charge in [0.1, 0.15) is 6.61 Å². The van der Waals surface area contributed by atoms with E-state index >= 15 is 0 Å². The first-order valence-electron chi connectivity index (χ1n) is 5.54. The van der Waals surface area contributed by atoms with Crippen molar-refractivity contribution in [3.05, 3.63) is 27.8 Å². The lowest BCUT2D eigenvalue weighted by Crippen LogP contribution is -2.42.